The average molecular weight is 158 g/mol. The standard InChI is InChI=1S/C8H14O3/c1-6-3-4-11-7(5-6)8(9)10-2/h6-7H,3-5H2,1-2H3/t6-,7-/m0/s1. The third kappa shape index (κ3) is 2.19. The first-order valence-electron chi connectivity index (χ1n) is 3.93. The van der Waals surface area contributed by atoms with Crippen LogP contribution in [0.15, 0.2) is 0 Å². The van der Waals surface area contributed by atoms with E-state index in [9.17, 15) is 4.79 Å². The largest absolute Gasteiger partial charge is 0.467 e. The van der Waals surface area contributed by atoms with Crippen LogP contribution in [0, 0.1) is 5.92 Å². The van der Waals surface area contributed by atoms with Gasteiger partial charge in [0.15, 0.2) is 6.10 Å². The van der Waals surface area contributed by atoms with Gasteiger partial charge in [-0.3, -0.25) is 0 Å². The molecule has 1 aliphatic heterocycles. The summed E-state index contributed by atoms with van der Waals surface area (Å²) in [7, 11) is 1.39. The molecule has 0 aromatic heterocycles. The molecule has 0 bridgehead atoms. The zero-order valence-electron chi connectivity index (χ0n) is 7.00. The molecule has 0 aromatic rings. The number of carbonyl (C=O) groups excluding carboxylic acids is 1. The number of methoxy groups -OCH3 is 1. The van der Waals surface area contributed by atoms with E-state index in [0.29, 0.717) is 12.5 Å². The van der Waals surface area contributed by atoms with Crippen molar-refractivity contribution >= 4 is 5.97 Å². The first-order chi connectivity index (χ1) is 5.24. The Hall–Kier alpha value is -0.570. The maximum Gasteiger partial charge on any atom is 0.334 e. The summed E-state index contributed by atoms with van der Waals surface area (Å²) in [4.78, 5) is 11.0. The summed E-state index contributed by atoms with van der Waals surface area (Å²) >= 11 is 0. The fraction of sp³-hybridized carbons (Fsp3) is 0.875. The molecule has 0 spiro atoms. The lowest BCUT2D eigenvalue weighted by atomic mass is 9.98. The van der Waals surface area contributed by atoms with Crippen LogP contribution in [0.5, 0.6) is 0 Å². The van der Waals surface area contributed by atoms with Gasteiger partial charge in [-0.05, 0) is 18.8 Å². The van der Waals surface area contributed by atoms with Crippen molar-refractivity contribution in [3.63, 3.8) is 0 Å². The molecule has 1 saturated heterocycles. The van der Waals surface area contributed by atoms with Crippen LogP contribution < -0.4 is 0 Å². The van der Waals surface area contributed by atoms with E-state index in [4.69, 9.17) is 4.74 Å². The molecule has 3 heteroatoms. The lowest BCUT2D eigenvalue weighted by Crippen LogP contribution is -2.32. The molecular formula is C8H14O3. The normalized spacial score (nSPS) is 31.5. The van der Waals surface area contributed by atoms with Crippen LogP contribution in [0.1, 0.15) is 19.8 Å². The topological polar surface area (TPSA) is 35.5 Å². The molecule has 1 fully saturated rings. The minimum atomic E-state index is -0.316. The Morgan fingerprint density at radius 2 is 2.36 bits per heavy atom. The maximum atomic E-state index is 11.0. The summed E-state index contributed by atoms with van der Waals surface area (Å²) in [5, 5.41) is 0. The molecule has 1 heterocycles. The number of ether oxygens (including phenoxy) is 2. The van der Waals surface area contributed by atoms with E-state index in [1.54, 1.807) is 0 Å². The van der Waals surface area contributed by atoms with Gasteiger partial charge in [0, 0.05) is 6.61 Å². The van der Waals surface area contributed by atoms with Gasteiger partial charge in [-0.2, -0.15) is 0 Å². The molecule has 11 heavy (non-hydrogen) atoms. The Morgan fingerprint density at radius 3 is 2.91 bits per heavy atom. The third-order valence-corrected chi connectivity index (χ3v) is 2.01. The number of esters is 1. The Balaban J connectivity index is 2.39. The van der Waals surface area contributed by atoms with Gasteiger partial charge in [0.05, 0.1) is 7.11 Å². The second kappa shape index (κ2) is 3.72. The summed E-state index contributed by atoms with van der Waals surface area (Å²) in [5.74, 6) is 0.337. The lowest BCUT2D eigenvalue weighted by Gasteiger charge is -2.24. The number of carbonyl (C=O) groups is 1. The minimum Gasteiger partial charge on any atom is -0.467 e. The molecule has 3 nitrogen and oxygen atoms in total. The minimum absolute atomic E-state index is 0.239. The molecule has 1 aliphatic rings. The highest BCUT2D eigenvalue weighted by Crippen LogP contribution is 2.19. The zero-order valence-corrected chi connectivity index (χ0v) is 7.00. The van der Waals surface area contributed by atoms with Crippen molar-refractivity contribution in [1.29, 1.82) is 0 Å². The van der Waals surface area contributed by atoms with E-state index in [-0.39, 0.29) is 12.1 Å². The first kappa shape index (κ1) is 8.53. The highest BCUT2D eigenvalue weighted by Gasteiger charge is 2.26. The first-order valence-corrected chi connectivity index (χ1v) is 3.93. The van der Waals surface area contributed by atoms with Gasteiger partial charge in [-0.15, -0.1) is 0 Å². The van der Waals surface area contributed by atoms with Crippen molar-refractivity contribution < 1.29 is 14.3 Å². The van der Waals surface area contributed by atoms with E-state index in [2.05, 4.69) is 11.7 Å². The van der Waals surface area contributed by atoms with Gasteiger partial charge in [-0.25, -0.2) is 4.79 Å². The predicted molar refractivity (Wildman–Crippen MR) is 40.2 cm³/mol. The molecule has 0 radical (unpaired) electrons. The SMILES string of the molecule is COC(=O)[C@@H]1C[C@@H](C)CCO1. The summed E-state index contributed by atoms with van der Waals surface area (Å²) < 4.78 is 9.80. The Kier molecular flexibility index (Phi) is 2.88. The molecule has 0 unspecified atom stereocenters. The zero-order chi connectivity index (χ0) is 8.27. The van der Waals surface area contributed by atoms with Gasteiger partial charge in [0.25, 0.3) is 0 Å². The molecular weight excluding hydrogens is 144 g/mol. The number of rotatable bonds is 1. The molecule has 0 amide bonds. The molecule has 1 rings (SSSR count). The second-order valence-electron chi connectivity index (χ2n) is 3.01. The van der Waals surface area contributed by atoms with Crippen molar-refractivity contribution in [3.8, 4) is 0 Å². The van der Waals surface area contributed by atoms with E-state index in [1.165, 1.54) is 7.11 Å². The molecule has 0 aliphatic carbocycles. The lowest BCUT2D eigenvalue weighted by molar-refractivity contribution is -0.158. The third-order valence-electron chi connectivity index (χ3n) is 2.01. The van der Waals surface area contributed by atoms with Crippen molar-refractivity contribution in [2.45, 2.75) is 25.9 Å². The van der Waals surface area contributed by atoms with Crippen LogP contribution in [0.3, 0.4) is 0 Å². The number of hydrogen-bond donors (Lipinski definition) is 0. The average Bonchev–Trinajstić information content (AvgIpc) is 2.03. The van der Waals surface area contributed by atoms with E-state index in [1.807, 2.05) is 0 Å². The quantitative estimate of drug-likeness (QED) is 0.533. The van der Waals surface area contributed by atoms with Crippen molar-refractivity contribution in [2.24, 2.45) is 5.92 Å². The maximum absolute atomic E-state index is 11.0. The van der Waals surface area contributed by atoms with Gasteiger partial charge in [0.2, 0.25) is 0 Å². The highest BCUT2D eigenvalue weighted by molar-refractivity contribution is 5.74. The van der Waals surface area contributed by atoms with Gasteiger partial charge < -0.3 is 9.47 Å². The van der Waals surface area contributed by atoms with E-state index in [0.717, 1.165) is 12.8 Å². The summed E-state index contributed by atoms with van der Waals surface area (Å²) in [6, 6.07) is 0. The van der Waals surface area contributed by atoms with E-state index < -0.39 is 0 Å². The monoisotopic (exact) mass is 158 g/mol. The van der Waals surface area contributed by atoms with Crippen LogP contribution in [-0.4, -0.2) is 25.8 Å². The van der Waals surface area contributed by atoms with Crippen LogP contribution in [0.25, 0.3) is 0 Å². The van der Waals surface area contributed by atoms with Crippen molar-refractivity contribution in [2.75, 3.05) is 13.7 Å². The molecule has 0 N–H and O–H groups in total. The van der Waals surface area contributed by atoms with Crippen LogP contribution in [0.4, 0.5) is 0 Å². The Bertz CT molecular complexity index is 144. The molecule has 2 atom stereocenters. The van der Waals surface area contributed by atoms with Gasteiger partial charge in [-0.1, -0.05) is 6.92 Å². The smallest absolute Gasteiger partial charge is 0.334 e. The summed E-state index contributed by atoms with van der Waals surface area (Å²) in [5.41, 5.74) is 0. The summed E-state index contributed by atoms with van der Waals surface area (Å²) in [6.07, 6.45) is 1.53. The van der Waals surface area contributed by atoms with Crippen LogP contribution in [0.2, 0.25) is 0 Å². The van der Waals surface area contributed by atoms with Crippen molar-refractivity contribution in [1.82, 2.24) is 0 Å². The van der Waals surface area contributed by atoms with Crippen LogP contribution >= 0.6 is 0 Å². The summed E-state index contributed by atoms with van der Waals surface area (Å²) in [6.45, 7) is 2.80. The molecule has 0 aromatic carbocycles. The fourth-order valence-corrected chi connectivity index (χ4v) is 1.26. The predicted octanol–water partition coefficient (Wildman–Crippen LogP) is 0.974. The molecule has 64 valence electrons. The highest BCUT2D eigenvalue weighted by atomic mass is 16.6. The van der Waals surface area contributed by atoms with Crippen LogP contribution in [-0.2, 0) is 14.3 Å². The van der Waals surface area contributed by atoms with Gasteiger partial charge in [0.1, 0.15) is 0 Å². The fourth-order valence-electron chi connectivity index (χ4n) is 1.26. The number of hydrogen-bond acceptors (Lipinski definition) is 3. The van der Waals surface area contributed by atoms with E-state index >= 15 is 0 Å². The second-order valence-corrected chi connectivity index (χ2v) is 3.01. The van der Waals surface area contributed by atoms with Crippen molar-refractivity contribution in [3.05, 3.63) is 0 Å². The Morgan fingerprint density at radius 1 is 1.64 bits per heavy atom. The van der Waals surface area contributed by atoms with Gasteiger partial charge >= 0.3 is 5.97 Å². The Labute approximate surface area is 66.7 Å². The molecule has 0 saturated carbocycles.